The van der Waals surface area contributed by atoms with Crippen LogP contribution in [0.1, 0.15) is 18.4 Å². The zero-order valence-corrected chi connectivity index (χ0v) is 12.6. The van der Waals surface area contributed by atoms with Gasteiger partial charge in [-0.3, -0.25) is 0 Å². The van der Waals surface area contributed by atoms with Crippen molar-refractivity contribution in [3.63, 3.8) is 0 Å². The molecule has 0 radical (unpaired) electrons. The van der Waals surface area contributed by atoms with Gasteiger partial charge in [-0.2, -0.15) is 0 Å². The fourth-order valence-electron chi connectivity index (χ4n) is 2.59. The first-order chi connectivity index (χ1) is 10.3. The Morgan fingerprint density at radius 3 is 2.62 bits per heavy atom. The van der Waals surface area contributed by atoms with Gasteiger partial charge in [0.15, 0.2) is 17.8 Å². The average Bonchev–Trinajstić information content (AvgIpc) is 2.54. The van der Waals surface area contributed by atoms with Gasteiger partial charge in [0.25, 0.3) is 0 Å². The lowest BCUT2D eigenvalue weighted by atomic mass is 9.93. The number of alkyl halides is 1. The minimum absolute atomic E-state index is 0.116. The molecule has 1 aromatic carbocycles. The van der Waals surface area contributed by atoms with Crippen LogP contribution in [0.15, 0.2) is 18.2 Å². The Morgan fingerprint density at radius 1 is 1.19 bits per heavy atom. The maximum Gasteiger partial charge on any atom is 0.160 e. The maximum atomic E-state index is 12.0. The molecule has 0 saturated carbocycles. The van der Waals surface area contributed by atoms with Gasteiger partial charge in [-0.15, -0.1) is 0 Å². The van der Waals surface area contributed by atoms with E-state index in [0.717, 1.165) is 30.8 Å². The lowest BCUT2D eigenvalue weighted by molar-refractivity contribution is -0.176. The molecular weight excluding hydrogens is 275 g/mol. The number of hydrogen-bond acceptors (Lipinski definition) is 4. The van der Waals surface area contributed by atoms with E-state index in [1.807, 2.05) is 18.2 Å². The molecule has 1 heterocycles. The van der Waals surface area contributed by atoms with Gasteiger partial charge in [0, 0.05) is 0 Å². The predicted octanol–water partition coefficient (Wildman–Crippen LogP) is 2.99. The normalized spacial score (nSPS) is 22.0. The van der Waals surface area contributed by atoms with Gasteiger partial charge in [0.1, 0.15) is 6.67 Å². The molecule has 0 aromatic heterocycles. The largest absolute Gasteiger partial charge is 0.493 e. The summed E-state index contributed by atoms with van der Waals surface area (Å²) in [5, 5.41) is 0. The van der Waals surface area contributed by atoms with Gasteiger partial charge in [-0.05, 0) is 42.9 Å². The molecule has 1 fully saturated rings. The number of hydrogen-bond donors (Lipinski definition) is 0. The van der Waals surface area contributed by atoms with Crippen LogP contribution < -0.4 is 9.47 Å². The first-order valence-corrected chi connectivity index (χ1v) is 7.27. The molecule has 2 atom stereocenters. The molecule has 118 valence electrons. The van der Waals surface area contributed by atoms with Crippen molar-refractivity contribution in [2.45, 2.75) is 25.6 Å². The predicted molar refractivity (Wildman–Crippen MR) is 77.6 cm³/mol. The van der Waals surface area contributed by atoms with Crippen molar-refractivity contribution in [2.24, 2.45) is 5.92 Å². The fraction of sp³-hybridized carbons (Fsp3) is 0.625. The number of rotatable bonds is 7. The molecule has 0 spiro atoms. The lowest BCUT2D eigenvalue weighted by Crippen LogP contribution is -2.29. The summed E-state index contributed by atoms with van der Waals surface area (Å²) in [6, 6.07) is 5.97. The molecule has 2 rings (SSSR count). The lowest BCUT2D eigenvalue weighted by Gasteiger charge is -2.28. The summed E-state index contributed by atoms with van der Waals surface area (Å²) in [5.41, 5.74) is 1.20. The summed E-state index contributed by atoms with van der Waals surface area (Å²) in [4.78, 5) is 0. The van der Waals surface area contributed by atoms with Gasteiger partial charge in [-0.1, -0.05) is 6.07 Å². The van der Waals surface area contributed by atoms with Crippen molar-refractivity contribution in [1.82, 2.24) is 0 Å². The SMILES string of the molecule is COc1ccc(CC2CCC(OCCF)OC2)cc1OC. The van der Waals surface area contributed by atoms with E-state index in [0.29, 0.717) is 12.5 Å². The molecule has 0 bridgehead atoms. The van der Waals surface area contributed by atoms with Crippen LogP contribution in [-0.2, 0) is 15.9 Å². The Balaban J connectivity index is 1.86. The Labute approximate surface area is 125 Å². The molecule has 0 N–H and O–H groups in total. The molecule has 1 aliphatic heterocycles. The molecule has 1 saturated heterocycles. The summed E-state index contributed by atoms with van der Waals surface area (Å²) in [6.07, 6.45) is 2.52. The maximum absolute atomic E-state index is 12.0. The van der Waals surface area contributed by atoms with Crippen molar-refractivity contribution in [1.29, 1.82) is 0 Å². The molecule has 2 unspecified atom stereocenters. The number of ether oxygens (including phenoxy) is 4. The molecular formula is C16H23FO4. The van der Waals surface area contributed by atoms with E-state index in [1.165, 1.54) is 5.56 Å². The second kappa shape index (κ2) is 8.20. The highest BCUT2D eigenvalue weighted by Crippen LogP contribution is 2.30. The standard InChI is InChI=1S/C16H23FO4/c1-18-14-5-3-12(10-15(14)19-2)9-13-4-6-16(21-11-13)20-8-7-17/h3,5,10,13,16H,4,6-9,11H2,1-2H3. The quantitative estimate of drug-likeness (QED) is 0.775. The van der Waals surface area contributed by atoms with Gasteiger partial charge in [-0.25, -0.2) is 4.39 Å². The van der Waals surface area contributed by atoms with E-state index in [2.05, 4.69) is 0 Å². The minimum Gasteiger partial charge on any atom is -0.493 e. The summed E-state index contributed by atoms with van der Waals surface area (Å²) < 4.78 is 33.5. The van der Waals surface area contributed by atoms with Crippen molar-refractivity contribution in [3.8, 4) is 11.5 Å². The van der Waals surface area contributed by atoms with Crippen LogP contribution in [0.3, 0.4) is 0 Å². The van der Waals surface area contributed by atoms with Crippen molar-refractivity contribution >= 4 is 0 Å². The van der Waals surface area contributed by atoms with Gasteiger partial charge in [0.2, 0.25) is 0 Å². The van der Waals surface area contributed by atoms with E-state index < -0.39 is 6.67 Å². The molecule has 21 heavy (non-hydrogen) atoms. The van der Waals surface area contributed by atoms with E-state index in [9.17, 15) is 4.39 Å². The second-order valence-corrected chi connectivity index (χ2v) is 5.16. The molecule has 5 heteroatoms. The van der Waals surface area contributed by atoms with Crippen LogP contribution in [0.25, 0.3) is 0 Å². The third kappa shape index (κ3) is 4.58. The monoisotopic (exact) mass is 298 g/mol. The molecule has 0 aliphatic carbocycles. The highest BCUT2D eigenvalue weighted by atomic mass is 19.1. The highest BCUT2D eigenvalue weighted by molar-refractivity contribution is 5.43. The van der Waals surface area contributed by atoms with Crippen LogP contribution in [0.5, 0.6) is 11.5 Å². The second-order valence-electron chi connectivity index (χ2n) is 5.16. The Morgan fingerprint density at radius 2 is 2.00 bits per heavy atom. The fourth-order valence-corrected chi connectivity index (χ4v) is 2.59. The number of benzene rings is 1. The van der Waals surface area contributed by atoms with Gasteiger partial charge >= 0.3 is 0 Å². The van der Waals surface area contributed by atoms with E-state index in [-0.39, 0.29) is 12.9 Å². The first kappa shape index (κ1) is 16.0. The van der Waals surface area contributed by atoms with Gasteiger partial charge in [0.05, 0.1) is 27.4 Å². The smallest absolute Gasteiger partial charge is 0.160 e. The van der Waals surface area contributed by atoms with E-state index >= 15 is 0 Å². The van der Waals surface area contributed by atoms with Crippen LogP contribution in [0.2, 0.25) is 0 Å². The van der Waals surface area contributed by atoms with Crippen LogP contribution in [-0.4, -0.2) is 40.4 Å². The highest BCUT2D eigenvalue weighted by Gasteiger charge is 2.22. The Kier molecular flexibility index (Phi) is 6.26. The summed E-state index contributed by atoms with van der Waals surface area (Å²) in [5.74, 6) is 1.94. The van der Waals surface area contributed by atoms with Crippen LogP contribution >= 0.6 is 0 Å². The van der Waals surface area contributed by atoms with Crippen molar-refractivity contribution in [2.75, 3.05) is 34.1 Å². The van der Waals surface area contributed by atoms with Gasteiger partial charge < -0.3 is 18.9 Å². The first-order valence-electron chi connectivity index (χ1n) is 7.27. The van der Waals surface area contributed by atoms with Crippen molar-refractivity contribution in [3.05, 3.63) is 23.8 Å². The molecule has 0 amide bonds. The summed E-state index contributed by atoms with van der Waals surface area (Å²) in [6.45, 7) is 0.297. The minimum atomic E-state index is -0.463. The summed E-state index contributed by atoms with van der Waals surface area (Å²) >= 11 is 0. The van der Waals surface area contributed by atoms with Crippen LogP contribution in [0, 0.1) is 5.92 Å². The third-order valence-electron chi connectivity index (χ3n) is 3.68. The average molecular weight is 298 g/mol. The van der Waals surface area contributed by atoms with Crippen LogP contribution in [0.4, 0.5) is 4.39 Å². The van der Waals surface area contributed by atoms with E-state index in [1.54, 1.807) is 14.2 Å². The van der Waals surface area contributed by atoms with Crippen molar-refractivity contribution < 1.29 is 23.3 Å². The van der Waals surface area contributed by atoms with E-state index in [4.69, 9.17) is 18.9 Å². The molecule has 4 nitrogen and oxygen atoms in total. The Bertz CT molecular complexity index is 430. The third-order valence-corrected chi connectivity index (χ3v) is 3.68. The number of methoxy groups -OCH3 is 2. The molecule has 1 aromatic rings. The zero-order valence-electron chi connectivity index (χ0n) is 12.6. The molecule has 1 aliphatic rings. The zero-order chi connectivity index (χ0) is 15.1. The summed E-state index contributed by atoms with van der Waals surface area (Å²) in [7, 11) is 3.27. The Hall–Kier alpha value is -1.33. The topological polar surface area (TPSA) is 36.9 Å². The number of halogens is 1.